The molecule has 6 N–H and O–H groups in total. The van der Waals surface area contributed by atoms with Crippen LogP contribution in [0.25, 0.3) is 0 Å². The smallest absolute Gasteiger partial charge is 0.144 e. The van der Waals surface area contributed by atoms with Crippen LogP contribution in [-0.2, 0) is 17.1 Å². The molecule has 90 valence electrons. The zero-order valence-electron chi connectivity index (χ0n) is 9.09. The summed E-state index contributed by atoms with van der Waals surface area (Å²) in [6.45, 7) is 1.58. The van der Waals surface area contributed by atoms with E-state index in [1.54, 1.807) is 25.1 Å². The van der Waals surface area contributed by atoms with Crippen molar-refractivity contribution in [2.24, 2.45) is 5.73 Å². The second kappa shape index (κ2) is 5.18. The Morgan fingerprint density at radius 3 is 2.50 bits per heavy atom. The van der Waals surface area contributed by atoms with Crippen LogP contribution in [0.15, 0.2) is 18.2 Å². The van der Waals surface area contributed by atoms with Crippen molar-refractivity contribution >= 4 is 22.1 Å². The van der Waals surface area contributed by atoms with Gasteiger partial charge in [0.2, 0.25) is 0 Å². The highest BCUT2D eigenvalue weighted by atomic mass is 32.2. The van der Waals surface area contributed by atoms with E-state index in [9.17, 15) is 8.42 Å². The summed E-state index contributed by atoms with van der Waals surface area (Å²) < 4.78 is 21.6. The fraction of sp³-hybridized carbons (Fsp3) is 0.400. The van der Waals surface area contributed by atoms with Crippen molar-refractivity contribution in [1.29, 1.82) is 0 Å². The largest absolute Gasteiger partial charge is 0.399 e. The molecule has 5 nitrogen and oxygen atoms in total. The summed E-state index contributed by atoms with van der Waals surface area (Å²) in [5.74, 6) is 0. The predicted molar refractivity (Wildman–Crippen MR) is 66.7 cm³/mol. The second-order valence-electron chi connectivity index (χ2n) is 3.85. The van der Waals surface area contributed by atoms with Crippen LogP contribution in [0.3, 0.4) is 0 Å². The first-order chi connectivity index (χ1) is 7.41. The molecule has 1 rings (SSSR count). The monoisotopic (exact) mass is 243 g/mol. The van der Waals surface area contributed by atoms with Gasteiger partial charge in [-0.3, -0.25) is 0 Å². The number of nitrogens with two attached hydrogens (primary N) is 3. The van der Waals surface area contributed by atoms with E-state index in [-0.39, 0.29) is 0 Å². The minimum atomic E-state index is -2.51. The number of rotatable bonds is 4. The maximum absolute atomic E-state index is 10.8. The molecule has 0 heterocycles. The third-order valence-corrected chi connectivity index (χ3v) is 3.62. The average Bonchev–Trinajstić information content (AvgIpc) is 2.22. The number of anilines is 2. The van der Waals surface area contributed by atoms with Crippen molar-refractivity contribution in [1.82, 2.24) is 0 Å². The number of hydrogen-bond donors (Lipinski definition) is 4. The maximum Gasteiger partial charge on any atom is 0.144 e. The van der Waals surface area contributed by atoms with Crippen LogP contribution in [0.2, 0.25) is 0 Å². The zero-order valence-corrected chi connectivity index (χ0v) is 9.98. The summed E-state index contributed by atoms with van der Waals surface area (Å²) >= 11 is 0. The van der Waals surface area contributed by atoms with Gasteiger partial charge in [0.1, 0.15) is 10.7 Å². The number of thiol groups is 1. The first kappa shape index (κ1) is 12.8. The van der Waals surface area contributed by atoms with Crippen LogP contribution < -0.4 is 17.2 Å². The minimum absolute atomic E-state index is 0.404. The van der Waals surface area contributed by atoms with Gasteiger partial charge in [-0.15, -0.1) is 0 Å². The van der Waals surface area contributed by atoms with Gasteiger partial charge in [0, 0.05) is 17.4 Å². The molecule has 0 saturated carbocycles. The predicted octanol–water partition coefficient (Wildman–Crippen LogP) is -0.279. The lowest BCUT2D eigenvalue weighted by atomic mass is 10.0. The molecule has 6 heteroatoms. The fourth-order valence-corrected chi connectivity index (χ4v) is 1.80. The van der Waals surface area contributed by atoms with E-state index in [4.69, 9.17) is 17.2 Å². The van der Waals surface area contributed by atoms with Crippen LogP contribution >= 0.6 is 0 Å². The molecular weight excluding hydrogens is 226 g/mol. The van der Waals surface area contributed by atoms with Crippen LogP contribution in [0.5, 0.6) is 0 Å². The van der Waals surface area contributed by atoms with Gasteiger partial charge in [-0.2, -0.15) is 0 Å². The average molecular weight is 243 g/mol. The lowest BCUT2D eigenvalue weighted by molar-refractivity contribution is 0.575. The van der Waals surface area contributed by atoms with Gasteiger partial charge in [0.05, 0.1) is 5.25 Å². The summed E-state index contributed by atoms with van der Waals surface area (Å²) in [4.78, 5) is 0. The molecule has 0 aliphatic carbocycles. The molecule has 0 fully saturated rings. The molecule has 0 aliphatic heterocycles. The molecule has 0 aromatic heterocycles. The van der Waals surface area contributed by atoms with Gasteiger partial charge in [0.15, 0.2) is 0 Å². The molecule has 16 heavy (non-hydrogen) atoms. The van der Waals surface area contributed by atoms with E-state index in [0.29, 0.717) is 17.8 Å². The third-order valence-electron chi connectivity index (χ3n) is 2.57. The highest BCUT2D eigenvalue weighted by Crippen LogP contribution is 2.18. The first-order valence-electron chi connectivity index (χ1n) is 4.94. The lowest BCUT2D eigenvalue weighted by Crippen LogP contribution is -2.35. The zero-order chi connectivity index (χ0) is 12.3. The molecule has 0 bridgehead atoms. The van der Waals surface area contributed by atoms with E-state index in [0.717, 1.165) is 5.56 Å². The van der Waals surface area contributed by atoms with Crippen LogP contribution in [-0.4, -0.2) is 19.7 Å². The fourth-order valence-electron chi connectivity index (χ4n) is 1.38. The molecule has 0 radical (unpaired) electrons. The van der Waals surface area contributed by atoms with Crippen LogP contribution in [0.1, 0.15) is 12.5 Å². The number of nitrogen functional groups attached to an aromatic ring is 2. The third kappa shape index (κ3) is 3.11. The van der Waals surface area contributed by atoms with Gasteiger partial charge in [0.25, 0.3) is 0 Å². The maximum atomic E-state index is 10.8. The molecule has 0 saturated heterocycles. The van der Waals surface area contributed by atoms with E-state index >= 15 is 0 Å². The molecular formula is C10H17N3O2S. The van der Waals surface area contributed by atoms with Gasteiger partial charge in [-0.25, -0.2) is 8.42 Å². The molecule has 0 spiro atoms. The second-order valence-corrected chi connectivity index (χ2v) is 5.24. The standard InChI is InChI=1S/C10H17N3O2S/c1-6(16(14)15)10(13)5-7-4-8(11)2-3-9(7)12/h2-4,6,10,16H,5,11-13H2,1H3. The quantitative estimate of drug-likeness (QED) is 0.429. The van der Waals surface area contributed by atoms with Crippen molar-refractivity contribution in [2.45, 2.75) is 24.6 Å². The van der Waals surface area contributed by atoms with Gasteiger partial charge >= 0.3 is 0 Å². The van der Waals surface area contributed by atoms with Gasteiger partial charge in [-0.1, -0.05) is 0 Å². The van der Waals surface area contributed by atoms with Gasteiger partial charge < -0.3 is 17.2 Å². The Kier molecular flexibility index (Phi) is 4.14. The topological polar surface area (TPSA) is 112 Å². The molecule has 1 aromatic rings. The normalized spacial score (nSPS) is 14.9. The molecule has 2 atom stereocenters. The molecule has 1 aromatic carbocycles. The Bertz CT molecular complexity index is 438. The Hall–Kier alpha value is -1.27. The van der Waals surface area contributed by atoms with Crippen molar-refractivity contribution in [3.8, 4) is 0 Å². The van der Waals surface area contributed by atoms with Crippen molar-refractivity contribution in [3.63, 3.8) is 0 Å². The lowest BCUT2D eigenvalue weighted by Gasteiger charge is -2.16. The van der Waals surface area contributed by atoms with Crippen molar-refractivity contribution < 1.29 is 8.42 Å². The Labute approximate surface area is 96.6 Å². The molecule has 0 amide bonds. The Morgan fingerprint density at radius 1 is 1.31 bits per heavy atom. The van der Waals surface area contributed by atoms with Gasteiger partial charge in [-0.05, 0) is 37.1 Å². The van der Waals surface area contributed by atoms with Crippen molar-refractivity contribution in [3.05, 3.63) is 23.8 Å². The van der Waals surface area contributed by atoms with Crippen molar-refractivity contribution in [2.75, 3.05) is 11.5 Å². The molecule has 2 unspecified atom stereocenters. The van der Waals surface area contributed by atoms with Crippen LogP contribution in [0.4, 0.5) is 11.4 Å². The molecule has 0 aliphatic rings. The Morgan fingerprint density at radius 2 is 1.94 bits per heavy atom. The Balaban J connectivity index is 2.84. The van der Waals surface area contributed by atoms with E-state index in [1.807, 2.05) is 0 Å². The number of hydrogen-bond acceptors (Lipinski definition) is 5. The highest BCUT2D eigenvalue weighted by Gasteiger charge is 2.16. The summed E-state index contributed by atoms with van der Waals surface area (Å²) in [5.41, 5.74) is 19.1. The van der Waals surface area contributed by atoms with Crippen LogP contribution in [0, 0.1) is 0 Å². The van der Waals surface area contributed by atoms with E-state index in [2.05, 4.69) is 0 Å². The summed E-state index contributed by atoms with van der Waals surface area (Å²) in [6, 6.07) is 4.64. The first-order valence-corrected chi connectivity index (χ1v) is 6.19. The summed E-state index contributed by atoms with van der Waals surface area (Å²) in [6.07, 6.45) is 0.404. The number of benzene rings is 1. The minimum Gasteiger partial charge on any atom is -0.399 e. The van der Waals surface area contributed by atoms with E-state index in [1.165, 1.54) is 0 Å². The highest BCUT2D eigenvalue weighted by molar-refractivity contribution is 7.73. The van der Waals surface area contributed by atoms with E-state index < -0.39 is 22.0 Å². The summed E-state index contributed by atoms with van der Waals surface area (Å²) in [5, 5.41) is -0.573. The SMILES string of the molecule is CC(C(N)Cc1cc(N)ccc1N)[SH](=O)=O. The summed E-state index contributed by atoms with van der Waals surface area (Å²) in [7, 11) is -2.51.